The molecule has 0 spiro atoms. The molecular formula is C7H18ClNOSSn. The quantitative estimate of drug-likeness (QED) is 0.448. The molecule has 2 nitrogen and oxygen atoms in total. The Labute approximate surface area is 88.7 Å². The molecule has 0 radical (unpaired) electrons. The molecule has 0 aromatic heterocycles. The molecule has 0 aliphatic carbocycles. The van der Waals surface area contributed by atoms with Crippen molar-refractivity contribution >= 4 is 39.2 Å². The van der Waals surface area contributed by atoms with Crippen LogP contribution in [-0.2, 0) is 3.07 Å². The molecule has 0 heterocycles. The van der Waals surface area contributed by atoms with E-state index < -0.39 is 17.7 Å². The van der Waals surface area contributed by atoms with Crippen LogP contribution in [0.4, 0.5) is 0 Å². The maximum absolute atomic E-state index is 6.22. The summed E-state index contributed by atoms with van der Waals surface area (Å²) in [6, 6.07) is 0.278. The van der Waals surface area contributed by atoms with Crippen molar-refractivity contribution in [3.8, 4) is 0 Å². The zero-order chi connectivity index (χ0) is 9.61. The van der Waals surface area contributed by atoms with Gasteiger partial charge in [-0.2, -0.15) is 0 Å². The SMILES string of the molecule is CC(N)CC[CH2][Sn]([CH3])([Cl])[O]CS. The average Bonchev–Trinajstić information content (AvgIpc) is 1.85. The third kappa shape index (κ3) is 7.98. The molecule has 2 atom stereocenters. The maximum atomic E-state index is 6.22. The van der Waals surface area contributed by atoms with Gasteiger partial charge in [0, 0.05) is 0 Å². The number of hydrogen-bond acceptors (Lipinski definition) is 3. The summed E-state index contributed by atoms with van der Waals surface area (Å²) in [5, 5.41) is 0. The van der Waals surface area contributed by atoms with Crippen molar-refractivity contribution in [3.63, 3.8) is 0 Å². The van der Waals surface area contributed by atoms with E-state index in [2.05, 4.69) is 17.6 Å². The van der Waals surface area contributed by atoms with Crippen LogP contribution in [0.1, 0.15) is 19.8 Å². The van der Waals surface area contributed by atoms with Gasteiger partial charge in [-0.1, -0.05) is 0 Å². The Morgan fingerprint density at radius 2 is 2.25 bits per heavy atom. The van der Waals surface area contributed by atoms with E-state index in [0.29, 0.717) is 5.94 Å². The second-order valence-electron chi connectivity index (χ2n) is 3.24. The van der Waals surface area contributed by atoms with Gasteiger partial charge in [0.05, 0.1) is 0 Å². The average molecular weight is 318 g/mol. The molecule has 0 fully saturated rings. The summed E-state index contributed by atoms with van der Waals surface area (Å²) < 4.78 is 6.44. The zero-order valence-electron chi connectivity index (χ0n) is 7.72. The van der Waals surface area contributed by atoms with Crippen molar-refractivity contribution in [3.05, 3.63) is 0 Å². The Kier molecular flexibility index (Phi) is 7.52. The minimum atomic E-state index is -2.62. The predicted octanol–water partition coefficient (Wildman–Crippen LogP) is 2.33. The topological polar surface area (TPSA) is 35.2 Å². The number of thiol groups is 1. The Morgan fingerprint density at radius 1 is 1.67 bits per heavy atom. The third-order valence-corrected chi connectivity index (χ3v) is 10.2. The molecule has 0 saturated carbocycles. The van der Waals surface area contributed by atoms with Crippen molar-refractivity contribution in [2.24, 2.45) is 5.73 Å². The molecule has 0 aromatic carbocycles. The summed E-state index contributed by atoms with van der Waals surface area (Å²) in [6.45, 7) is 2.01. The normalized spacial score (nSPS) is 18.8. The van der Waals surface area contributed by atoms with Gasteiger partial charge in [-0.15, -0.1) is 0 Å². The molecule has 5 heteroatoms. The van der Waals surface area contributed by atoms with Crippen molar-refractivity contribution in [2.45, 2.75) is 35.2 Å². The Morgan fingerprint density at radius 3 is 2.67 bits per heavy atom. The third-order valence-electron chi connectivity index (χ3n) is 1.65. The fourth-order valence-electron chi connectivity index (χ4n) is 0.947. The van der Waals surface area contributed by atoms with Crippen molar-refractivity contribution in [2.75, 3.05) is 5.94 Å². The van der Waals surface area contributed by atoms with Crippen LogP contribution >= 0.6 is 21.5 Å². The summed E-state index contributed by atoms with van der Waals surface area (Å²) in [4.78, 5) is 2.06. The molecule has 74 valence electrons. The van der Waals surface area contributed by atoms with E-state index in [4.69, 9.17) is 17.7 Å². The van der Waals surface area contributed by atoms with Crippen molar-refractivity contribution in [1.29, 1.82) is 0 Å². The van der Waals surface area contributed by atoms with E-state index in [9.17, 15) is 0 Å². The minimum absolute atomic E-state index is 0.278. The molecule has 0 aromatic rings. The molecule has 0 bridgehead atoms. The molecular weight excluding hydrogens is 300 g/mol. The van der Waals surface area contributed by atoms with Gasteiger partial charge >= 0.3 is 89.1 Å². The van der Waals surface area contributed by atoms with E-state index in [1.807, 2.05) is 6.92 Å². The van der Waals surface area contributed by atoms with E-state index in [1.165, 1.54) is 0 Å². The van der Waals surface area contributed by atoms with Crippen LogP contribution in [0.2, 0.25) is 9.38 Å². The second-order valence-corrected chi connectivity index (χ2v) is 17.4. The fraction of sp³-hybridized carbons (Fsp3) is 1.00. The molecule has 0 aliphatic rings. The Hall–Kier alpha value is 1.36. The number of rotatable bonds is 6. The van der Waals surface area contributed by atoms with Crippen molar-refractivity contribution < 1.29 is 3.07 Å². The van der Waals surface area contributed by atoms with E-state index >= 15 is 0 Å². The van der Waals surface area contributed by atoms with E-state index in [1.54, 1.807) is 0 Å². The van der Waals surface area contributed by atoms with Crippen LogP contribution in [-0.4, -0.2) is 29.6 Å². The molecule has 0 aliphatic heterocycles. The van der Waals surface area contributed by atoms with Gasteiger partial charge < -0.3 is 0 Å². The zero-order valence-corrected chi connectivity index (χ0v) is 12.2. The molecule has 0 amide bonds. The number of nitrogens with two attached hydrogens (primary N) is 1. The van der Waals surface area contributed by atoms with Gasteiger partial charge in [0.25, 0.3) is 0 Å². The molecule has 2 N–H and O–H groups in total. The first-order valence-electron chi connectivity index (χ1n) is 4.17. The van der Waals surface area contributed by atoms with E-state index in [-0.39, 0.29) is 6.04 Å². The van der Waals surface area contributed by atoms with Crippen LogP contribution in [0.25, 0.3) is 0 Å². The summed E-state index contributed by atoms with van der Waals surface area (Å²) in [6.07, 6.45) is 2.12. The Bertz CT molecular complexity index is 124. The van der Waals surface area contributed by atoms with Crippen molar-refractivity contribution in [1.82, 2.24) is 0 Å². The first kappa shape index (κ1) is 13.4. The second kappa shape index (κ2) is 6.76. The van der Waals surface area contributed by atoms with Crippen LogP contribution in [0.15, 0.2) is 0 Å². The molecule has 0 saturated heterocycles. The molecule has 0 rings (SSSR count). The number of halogens is 1. The molecule has 12 heavy (non-hydrogen) atoms. The Balaban J connectivity index is 3.46. The first-order valence-corrected chi connectivity index (χ1v) is 14.5. The van der Waals surface area contributed by atoms with Crippen LogP contribution in [0.3, 0.4) is 0 Å². The van der Waals surface area contributed by atoms with Crippen LogP contribution in [0.5, 0.6) is 0 Å². The van der Waals surface area contributed by atoms with Gasteiger partial charge in [-0.25, -0.2) is 0 Å². The summed E-state index contributed by atoms with van der Waals surface area (Å²) in [5.74, 6) is 0.453. The first-order chi connectivity index (χ1) is 5.48. The summed E-state index contributed by atoms with van der Waals surface area (Å²) >= 11 is 1.37. The van der Waals surface area contributed by atoms with E-state index in [0.717, 1.165) is 17.3 Å². The standard InChI is InChI=1S/C5H12N.CH3OS.CH3.ClH.Sn/c1-3-4-5(2)6;2-1-3;;;/h5H,1,3-4,6H2,2H3;3H,1H2;1H3;1H;/q;-1;;;+2/p-1. The predicted molar refractivity (Wildman–Crippen MR) is 60.1 cm³/mol. The van der Waals surface area contributed by atoms with Crippen LogP contribution < -0.4 is 5.73 Å². The molecule has 2 unspecified atom stereocenters. The van der Waals surface area contributed by atoms with Gasteiger partial charge in [-0.05, 0) is 0 Å². The summed E-state index contributed by atoms with van der Waals surface area (Å²) in [5.41, 5.74) is 5.62. The van der Waals surface area contributed by atoms with Gasteiger partial charge in [0.1, 0.15) is 0 Å². The van der Waals surface area contributed by atoms with Gasteiger partial charge in [-0.3, -0.25) is 0 Å². The monoisotopic (exact) mass is 319 g/mol. The number of hydrogen-bond donors (Lipinski definition) is 2. The fourth-order valence-corrected chi connectivity index (χ4v) is 8.20. The van der Waals surface area contributed by atoms with Crippen LogP contribution in [0, 0.1) is 0 Å². The summed E-state index contributed by atoms with van der Waals surface area (Å²) in [7, 11) is 6.22. The van der Waals surface area contributed by atoms with Gasteiger partial charge in [0.2, 0.25) is 0 Å². The van der Waals surface area contributed by atoms with Gasteiger partial charge in [0.15, 0.2) is 0 Å².